The van der Waals surface area contributed by atoms with Crippen LogP contribution in [-0.2, 0) is 11.2 Å². The average molecular weight is 417 g/mol. The van der Waals surface area contributed by atoms with Crippen LogP contribution >= 0.6 is 0 Å². The molecule has 30 heavy (non-hydrogen) atoms. The van der Waals surface area contributed by atoms with Gasteiger partial charge in [0.1, 0.15) is 5.82 Å². The van der Waals surface area contributed by atoms with Gasteiger partial charge < -0.3 is 20.5 Å². The Labute approximate surface area is 177 Å². The van der Waals surface area contributed by atoms with Gasteiger partial charge in [0.05, 0.1) is 6.54 Å². The molecule has 0 saturated carbocycles. The van der Waals surface area contributed by atoms with E-state index in [0.29, 0.717) is 13.1 Å². The van der Waals surface area contributed by atoms with Crippen LogP contribution in [-0.4, -0.2) is 78.5 Å². The van der Waals surface area contributed by atoms with E-state index in [1.165, 1.54) is 6.07 Å². The smallest absolute Gasteiger partial charge is 0.234 e. The van der Waals surface area contributed by atoms with Crippen molar-refractivity contribution < 1.29 is 9.18 Å². The van der Waals surface area contributed by atoms with Gasteiger partial charge in [-0.05, 0) is 51.0 Å². The second-order valence-corrected chi connectivity index (χ2v) is 7.97. The van der Waals surface area contributed by atoms with Gasteiger partial charge in [-0.2, -0.15) is 0 Å². The molecule has 0 unspecified atom stereocenters. The molecule has 2 heterocycles. The second-order valence-electron chi connectivity index (χ2n) is 7.97. The number of carbonyl (C=O) groups excluding carboxylic acids is 1. The monoisotopic (exact) mass is 416 g/mol. The van der Waals surface area contributed by atoms with Gasteiger partial charge in [0.25, 0.3) is 0 Å². The molecular formula is C22H33FN6O. The van der Waals surface area contributed by atoms with E-state index in [1.54, 1.807) is 12.1 Å². The number of halogens is 1. The summed E-state index contributed by atoms with van der Waals surface area (Å²) in [5.74, 6) is 0.754. The van der Waals surface area contributed by atoms with Crippen molar-refractivity contribution in [2.45, 2.75) is 33.2 Å². The Bertz CT molecular complexity index is 870. The number of H-pyrrole nitrogens is 1. The predicted molar refractivity (Wildman–Crippen MR) is 119 cm³/mol. The first kappa shape index (κ1) is 22.1. The van der Waals surface area contributed by atoms with E-state index in [4.69, 9.17) is 4.99 Å². The van der Waals surface area contributed by atoms with Crippen LogP contribution in [0.2, 0.25) is 0 Å². The van der Waals surface area contributed by atoms with Crippen LogP contribution in [0.4, 0.5) is 4.39 Å². The second kappa shape index (κ2) is 10.4. The number of nitrogens with one attached hydrogen (secondary N) is 3. The number of nitrogens with zero attached hydrogens (tertiary/aromatic N) is 3. The van der Waals surface area contributed by atoms with Crippen molar-refractivity contribution in [1.29, 1.82) is 0 Å². The number of aliphatic imine (C=N–C) groups is 1. The van der Waals surface area contributed by atoms with Crippen LogP contribution in [0.15, 0.2) is 29.4 Å². The van der Waals surface area contributed by atoms with Crippen LogP contribution < -0.4 is 10.6 Å². The molecule has 0 aliphatic carbocycles. The third-order valence-corrected chi connectivity index (χ3v) is 5.20. The number of hydrogen-bond acceptors (Lipinski definition) is 3. The molecule has 3 N–H and O–H groups in total. The summed E-state index contributed by atoms with van der Waals surface area (Å²) in [4.78, 5) is 24.4. The van der Waals surface area contributed by atoms with Crippen molar-refractivity contribution in [3.63, 3.8) is 0 Å². The zero-order valence-electron chi connectivity index (χ0n) is 18.2. The molecule has 1 aliphatic rings. The summed E-state index contributed by atoms with van der Waals surface area (Å²) < 4.78 is 13.6. The number of fused-ring (bicyclic) bond motifs is 1. The third kappa shape index (κ3) is 5.95. The van der Waals surface area contributed by atoms with Crippen LogP contribution in [0.1, 0.15) is 26.3 Å². The number of aromatic amines is 1. The first-order valence-electron chi connectivity index (χ1n) is 10.8. The fourth-order valence-corrected chi connectivity index (χ4v) is 3.75. The minimum absolute atomic E-state index is 0.0780. The van der Waals surface area contributed by atoms with E-state index in [0.717, 1.165) is 61.6 Å². The van der Waals surface area contributed by atoms with Crippen LogP contribution in [0.5, 0.6) is 0 Å². The number of piperazine rings is 1. The zero-order valence-corrected chi connectivity index (χ0v) is 18.2. The topological polar surface area (TPSA) is 75.8 Å². The van der Waals surface area contributed by atoms with Crippen LogP contribution in [0.3, 0.4) is 0 Å². The fraction of sp³-hybridized carbons (Fsp3) is 0.545. The Balaban J connectivity index is 1.54. The lowest BCUT2D eigenvalue weighted by Crippen LogP contribution is -2.54. The molecule has 0 bridgehead atoms. The van der Waals surface area contributed by atoms with E-state index < -0.39 is 0 Å². The normalized spacial score (nSPS) is 15.8. The van der Waals surface area contributed by atoms with E-state index >= 15 is 0 Å². The first-order chi connectivity index (χ1) is 14.5. The molecule has 1 saturated heterocycles. The van der Waals surface area contributed by atoms with E-state index in [1.807, 2.05) is 20.0 Å². The molecule has 7 nitrogen and oxygen atoms in total. The first-order valence-corrected chi connectivity index (χ1v) is 10.8. The lowest BCUT2D eigenvalue weighted by molar-refractivity contribution is -0.123. The minimum Gasteiger partial charge on any atom is -0.361 e. The Kier molecular flexibility index (Phi) is 7.68. The van der Waals surface area contributed by atoms with E-state index in [9.17, 15) is 9.18 Å². The molecule has 164 valence electrons. The maximum Gasteiger partial charge on any atom is 0.234 e. The Hall–Kier alpha value is -2.61. The van der Waals surface area contributed by atoms with Crippen LogP contribution in [0.25, 0.3) is 10.9 Å². The van der Waals surface area contributed by atoms with Crippen molar-refractivity contribution in [2.24, 2.45) is 4.99 Å². The molecule has 2 aromatic rings. The summed E-state index contributed by atoms with van der Waals surface area (Å²) in [5, 5.41) is 7.24. The summed E-state index contributed by atoms with van der Waals surface area (Å²) in [6, 6.07) is 4.98. The summed E-state index contributed by atoms with van der Waals surface area (Å²) in [7, 11) is 0. The molecule has 0 spiro atoms. The average Bonchev–Trinajstić information content (AvgIpc) is 3.09. The van der Waals surface area contributed by atoms with Gasteiger partial charge in [-0.25, -0.2) is 4.39 Å². The van der Waals surface area contributed by atoms with Crippen molar-refractivity contribution in [3.05, 3.63) is 35.8 Å². The van der Waals surface area contributed by atoms with E-state index in [-0.39, 0.29) is 17.8 Å². The van der Waals surface area contributed by atoms with Crippen molar-refractivity contribution in [3.8, 4) is 0 Å². The van der Waals surface area contributed by atoms with Crippen LogP contribution in [0, 0.1) is 5.82 Å². The molecule has 0 radical (unpaired) electrons. The maximum absolute atomic E-state index is 13.6. The number of amides is 1. The van der Waals surface area contributed by atoms with E-state index in [2.05, 4.69) is 32.3 Å². The molecule has 3 rings (SSSR count). The summed E-state index contributed by atoms with van der Waals surface area (Å²) in [6.07, 6.45) is 2.68. The summed E-state index contributed by atoms with van der Waals surface area (Å²) in [6.45, 7) is 11.2. The number of aromatic nitrogens is 1. The van der Waals surface area contributed by atoms with Gasteiger partial charge in [0, 0.05) is 62.4 Å². The predicted octanol–water partition coefficient (Wildman–Crippen LogP) is 1.96. The number of hydrogen-bond donors (Lipinski definition) is 3. The molecule has 1 aromatic heterocycles. The highest BCUT2D eigenvalue weighted by Crippen LogP contribution is 2.19. The zero-order chi connectivity index (χ0) is 21.5. The summed E-state index contributed by atoms with van der Waals surface area (Å²) in [5.41, 5.74) is 2.02. The van der Waals surface area contributed by atoms with Gasteiger partial charge in [0.15, 0.2) is 5.96 Å². The summed E-state index contributed by atoms with van der Waals surface area (Å²) >= 11 is 0. The highest BCUT2D eigenvalue weighted by molar-refractivity contribution is 5.83. The number of rotatable bonds is 7. The quantitative estimate of drug-likeness (QED) is 0.476. The molecule has 1 amide bonds. The van der Waals surface area contributed by atoms with Gasteiger partial charge in [-0.1, -0.05) is 0 Å². The molecule has 1 aromatic carbocycles. The highest BCUT2D eigenvalue weighted by atomic mass is 19.1. The van der Waals surface area contributed by atoms with Gasteiger partial charge in [-0.15, -0.1) is 0 Å². The molecule has 1 fully saturated rings. The minimum atomic E-state index is -0.222. The largest absolute Gasteiger partial charge is 0.361 e. The van der Waals surface area contributed by atoms with Crippen molar-refractivity contribution in [2.75, 3.05) is 45.8 Å². The lowest BCUT2D eigenvalue weighted by atomic mass is 10.1. The van der Waals surface area contributed by atoms with Gasteiger partial charge >= 0.3 is 0 Å². The molecule has 1 aliphatic heterocycles. The molecular weight excluding hydrogens is 383 g/mol. The Morgan fingerprint density at radius 3 is 2.73 bits per heavy atom. The SMILES string of the molecule is CCNC(=NCCc1c[nH]c2ccc(F)cc12)N1CCN(CC(=O)NC(C)C)CC1. The third-order valence-electron chi connectivity index (χ3n) is 5.20. The maximum atomic E-state index is 13.6. The Morgan fingerprint density at radius 2 is 2.03 bits per heavy atom. The van der Waals surface area contributed by atoms with Crippen molar-refractivity contribution >= 4 is 22.8 Å². The Morgan fingerprint density at radius 1 is 1.27 bits per heavy atom. The van der Waals surface area contributed by atoms with Gasteiger partial charge in [-0.3, -0.25) is 14.7 Å². The highest BCUT2D eigenvalue weighted by Gasteiger charge is 2.21. The standard InChI is InChI=1S/C22H33FN6O/c1-4-24-22(29-11-9-28(10-12-29)15-21(30)27-16(2)3)25-8-7-17-14-26-20-6-5-18(23)13-19(17)20/h5-6,13-14,16,26H,4,7-12,15H2,1-3H3,(H,24,25)(H,27,30). The number of carbonyl (C=O) groups is 1. The lowest BCUT2D eigenvalue weighted by Gasteiger charge is -2.36. The number of benzene rings is 1. The fourth-order valence-electron chi connectivity index (χ4n) is 3.75. The van der Waals surface area contributed by atoms with Crippen molar-refractivity contribution in [1.82, 2.24) is 25.4 Å². The number of guanidine groups is 1. The van der Waals surface area contributed by atoms with Gasteiger partial charge in [0.2, 0.25) is 5.91 Å². The molecule has 8 heteroatoms. The molecule has 0 atom stereocenters.